The highest BCUT2D eigenvalue weighted by Gasteiger charge is 2.26. The number of likely N-dealkylation sites (N-methyl/N-ethyl adjacent to an activating group) is 1. The second-order valence-electron chi connectivity index (χ2n) is 5.25. The molecular weight excluding hydrogens is 248 g/mol. The van der Waals surface area contributed by atoms with Crippen molar-refractivity contribution >= 4 is 11.6 Å². The topological polar surface area (TPSA) is 83.7 Å². The van der Waals surface area contributed by atoms with Crippen LogP contribution in [0.5, 0.6) is 0 Å². The van der Waals surface area contributed by atoms with E-state index in [0.29, 0.717) is 0 Å². The Morgan fingerprint density at radius 2 is 2.05 bits per heavy atom. The van der Waals surface area contributed by atoms with E-state index in [4.69, 9.17) is 0 Å². The van der Waals surface area contributed by atoms with Gasteiger partial charge in [0.25, 0.3) is 11.6 Å². The average Bonchev–Trinajstić information content (AvgIpc) is 2.25. The molecule has 1 aromatic rings. The molecule has 19 heavy (non-hydrogen) atoms. The second-order valence-corrected chi connectivity index (χ2v) is 5.25. The molecule has 0 spiro atoms. The maximum Gasteiger partial charge on any atom is 0.282 e. The summed E-state index contributed by atoms with van der Waals surface area (Å²) in [6.07, 6.45) is 0. The molecule has 0 fully saturated rings. The Kier molecular flexibility index (Phi) is 4.26. The van der Waals surface area contributed by atoms with Crippen LogP contribution in [0.25, 0.3) is 0 Å². The molecule has 0 aliphatic carbocycles. The summed E-state index contributed by atoms with van der Waals surface area (Å²) >= 11 is 0. The third-order valence-electron chi connectivity index (χ3n) is 2.55. The first kappa shape index (κ1) is 15.1. The van der Waals surface area contributed by atoms with Crippen molar-refractivity contribution in [3.05, 3.63) is 39.4 Å². The Bertz CT molecular complexity index is 506. The van der Waals surface area contributed by atoms with Gasteiger partial charge in [0, 0.05) is 19.7 Å². The van der Waals surface area contributed by atoms with Gasteiger partial charge in [0.15, 0.2) is 0 Å². The van der Waals surface area contributed by atoms with Gasteiger partial charge in [-0.25, -0.2) is 0 Å². The number of nitro benzene ring substituents is 1. The molecular formula is C13H18N2O4. The summed E-state index contributed by atoms with van der Waals surface area (Å²) < 4.78 is 0. The van der Waals surface area contributed by atoms with Gasteiger partial charge in [-0.1, -0.05) is 6.07 Å². The smallest absolute Gasteiger partial charge is 0.282 e. The van der Waals surface area contributed by atoms with E-state index in [2.05, 4.69) is 0 Å². The largest absolute Gasteiger partial charge is 0.389 e. The predicted octanol–water partition coefficient (Wildman–Crippen LogP) is 1.75. The standard InChI is InChI=1S/C13H18N2O4/c1-9-5-6-11(15(18)19)10(7-9)12(16)14(4)8-13(2,3)17/h5-7,17H,8H2,1-4H3. The van der Waals surface area contributed by atoms with Gasteiger partial charge in [-0.15, -0.1) is 0 Å². The highest BCUT2D eigenvalue weighted by molar-refractivity contribution is 5.98. The zero-order chi connectivity index (χ0) is 14.8. The SMILES string of the molecule is Cc1ccc([N+](=O)[O-])c(C(=O)N(C)CC(C)(C)O)c1. The molecule has 6 heteroatoms. The Morgan fingerprint density at radius 1 is 1.47 bits per heavy atom. The number of amides is 1. The van der Waals surface area contributed by atoms with Crippen LogP contribution in [0, 0.1) is 17.0 Å². The monoisotopic (exact) mass is 266 g/mol. The van der Waals surface area contributed by atoms with Gasteiger partial charge in [0.05, 0.1) is 10.5 Å². The van der Waals surface area contributed by atoms with Crippen LogP contribution in [0.15, 0.2) is 18.2 Å². The van der Waals surface area contributed by atoms with Crippen LogP contribution < -0.4 is 0 Å². The van der Waals surface area contributed by atoms with Crippen LogP contribution in [0.3, 0.4) is 0 Å². The lowest BCUT2D eigenvalue weighted by molar-refractivity contribution is -0.385. The molecule has 0 saturated carbocycles. The molecule has 0 radical (unpaired) electrons. The number of aliphatic hydroxyl groups is 1. The Morgan fingerprint density at radius 3 is 2.53 bits per heavy atom. The number of nitrogens with zero attached hydrogens (tertiary/aromatic N) is 2. The van der Waals surface area contributed by atoms with E-state index in [1.807, 2.05) is 0 Å². The highest BCUT2D eigenvalue weighted by Crippen LogP contribution is 2.21. The number of carbonyl (C=O) groups excluding carboxylic acids is 1. The average molecular weight is 266 g/mol. The van der Waals surface area contributed by atoms with E-state index in [1.54, 1.807) is 26.8 Å². The maximum absolute atomic E-state index is 12.2. The summed E-state index contributed by atoms with van der Waals surface area (Å²) in [6.45, 7) is 5.00. The lowest BCUT2D eigenvalue weighted by Gasteiger charge is -2.25. The summed E-state index contributed by atoms with van der Waals surface area (Å²) in [4.78, 5) is 23.8. The minimum absolute atomic E-state index is 0.0387. The fraction of sp³-hybridized carbons (Fsp3) is 0.462. The zero-order valence-corrected chi connectivity index (χ0v) is 11.5. The molecule has 1 rings (SSSR count). The minimum Gasteiger partial charge on any atom is -0.389 e. The molecule has 1 N–H and O–H groups in total. The molecule has 0 aliphatic heterocycles. The van der Waals surface area contributed by atoms with Crippen molar-refractivity contribution in [1.29, 1.82) is 0 Å². The molecule has 0 heterocycles. The number of aryl methyl sites for hydroxylation is 1. The van der Waals surface area contributed by atoms with Crippen molar-refractivity contribution in [2.24, 2.45) is 0 Å². The van der Waals surface area contributed by atoms with Crippen molar-refractivity contribution in [1.82, 2.24) is 4.90 Å². The summed E-state index contributed by atoms with van der Waals surface area (Å²) in [5.41, 5.74) is -0.469. The minimum atomic E-state index is -1.05. The summed E-state index contributed by atoms with van der Waals surface area (Å²) in [5.74, 6) is -0.475. The molecule has 0 aliphatic rings. The van der Waals surface area contributed by atoms with Gasteiger partial charge in [-0.2, -0.15) is 0 Å². The van der Waals surface area contributed by atoms with Gasteiger partial charge < -0.3 is 10.0 Å². The number of hydrogen-bond acceptors (Lipinski definition) is 4. The molecule has 0 atom stereocenters. The second kappa shape index (κ2) is 5.36. The molecule has 1 aromatic carbocycles. The van der Waals surface area contributed by atoms with Crippen molar-refractivity contribution in [3.8, 4) is 0 Å². The van der Waals surface area contributed by atoms with E-state index in [1.165, 1.54) is 24.1 Å². The number of carbonyl (C=O) groups is 1. The van der Waals surface area contributed by atoms with E-state index in [9.17, 15) is 20.0 Å². The fourth-order valence-electron chi connectivity index (χ4n) is 1.84. The molecule has 0 aromatic heterocycles. The normalized spacial score (nSPS) is 11.2. The molecule has 1 amide bonds. The number of rotatable bonds is 4. The molecule has 104 valence electrons. The zero-order valence-electron chi connectivity index (χ0n) is 11.5. The first-order valence-corrected chi connectivity index (χ1v) is 5.85. The van der Waals surface area contributed by atoms with Crippen molar-refractivity contribution in [2.45, 2.75) is 26.4 Å². The number of nitro groups is 1. The van der Waals surface area contributed by atoms with E-state index >= 15 is 0 Å². The van der Waals surface area contributed by atoms with Crippen LogP contribution in [0.1, 0.15) is 29.8 Å². The Hall–Kier alpha value is -1.95. The van der Waals surface area contributed by atoms with Gasteiger partial charge >= 0.3 is 0 Å². The first-order valence-electron chi connectivity index (χ1n) is 5.85. The lowest BCUT2D eigenvalue weighted by atomic mass is 10.1. The molecule has 0 saturated heterocycles. The van der Waals surface area contributed by atoms with Crippen molar-refractivity contribution in [3.63, 3.8) is 0 Å². The highest BCUT2D eigenvalue weighted by atomic mass is 16.6. The van der Waals surface area contributed by atoms with Crippen LogP contribution in [0.2, 0.25) is 0 Å². The molecule has 6 nitrogen and oxygen atoms in total. The van der Waals surface area contributed by atoms with Gasteiger partial charge in [-0.3, -0.25) is 14.9 Å². The first-order chi connectivity index (χ1) is 8.61. The maximum atomic E-state index is 12.2. The summed E-state index contributed by atoms with van der Waals surface area (Å²) in [6, 6.07) is 4.40. The molecule has 0 unspecified atom stereocenters. The van der Waals surface area contributed by atoms with Crippen LogP contribution in [0.4, 0.5) is 5.69 Å². The Labute approximate surface area is 111 Å². The van der Waals surface area contributed by atoms with Gasteiger partial charge in [0.1, 0.15) is 5.56 Å². The van der Waals surface area contributed by atoms with Crippen molar-refractivity contribution < 1.29 is 14.8 Å². The number of benzene rings is 1. The van der Waals surface area contributed by atoms with E-state index in [0.717, 1.165) is 5.56 Å². The summed E-state index contributed by atoms with van der Waals surface area (Å²) in [5, 5.41) is 20.6. The van der Waals surface area contributed by atoms with E-state index < -0.39 is 16.4 Å². The van der Waals surface area contributed by atoms with Crippen molar-refractivity contribution in [2.75, 3.05) is 13.6 Å². The van der Waals surface area contributed by atoms with Gasteiger partial charge in [-0.05, 0) is 32.4 Å². The molecule has 0 bridgehead atoms. The fourth-order valence-corrected chi connectivity index (χ4v) is 1.84. The Balaban J connectivity index is 3.11. The van der Waals surface area contributed by atoms with Crippen LogP contribution in [-0.2, 0) is 0 Å². The summed E-state index contributed by atoms with van der Waals surface area (Å²) in [7, 11) is 1.51. The van der Waals surface area contributed by atoms with E-state index in [-0.39, 0.29) is 17.8 Å². The predicted molar refractivity (Wildman–Crippen MR) is 71.1 cm³/mol. The quantitative estimate of drug-likeness (QED) is 0.664. The third-order valence-corrected chi connectivity index (χ3v) is 2.55. The van der Waals surface area contributed by atoms with Crippen LogP contribution in [-0.4, -0.2) is 40.0 Å². The number of hydrogen-bond donors (Lipinski definition) is 1. The lowest BCUT2D eigenvalue weighted by Crippen LogP contribution is -2.39. The van der Waals surface area contributed by atoms with Crippen LogP contribution >= 0.6 is 0 Å². The third kappa shape index (κ3) is 4.03. The van der Waals surface area contributed by atoms with Gasteiger partial charge in [0.2, 0.25) is 0 Å².